The van der Waals surface area contributed by atoms with Gasteiger partial charge in [-0.05, 0) is 26.8 Å². The fraction of sp³-hybridized carbons (Fsp3) is 1.00. The maximum atomic E-state index is 7.89. The van der Waals surface area contributed by atoms with Gasteiger partial charge in [0.05, 0.1) is 0 Å². The van der Waals surface area contributed by atoms with E-state index < -0.39 is 0 Å². The minimum atomic E-state index is 0.450. The normalized spacial score (nSPS) is 9.89. The van der Waals surface area contributed by atoms with Crippen LogP contribution in [0.25, 0.3) is 10.4 Å². The molecule has 0 saturated heterocycles. The van der Waals surface area contributed by atoms with Gasteiger partial charge in [0.15, 0.2) is 0 Å². The van der Waals surface area contributed by atoms with Crippen LogP contribution in [0, 0.1) is 0 Å². The number of hydrogen-bond acceptors (Lipinski definition) is 1. The van der Waals surface area contributed by atoms with Gasteiger partial charge >= 0.3 is 0 Å². The molecule has 9 heavy (non-hydrogen) atoms. The predicted molar refractivity (Wildman–Crippen MR) is 41.9 cm³/mol. The molecule has 0 aromatic carbocycles. The lowest BCUT2D eigenvalue weighted by Crippen LogP contribution is -1.73. The average Bonchev–Trinajstić information content (AvgIpc) is 1.89. The predicted octanol–water partition coefficient (Wildman–Crippen LogP) is 3.08. The number of hydrogen-bond donors (Lipinski definition) is 0. The molecule has 3 nitrogen and oxygen atoms in total. The second kappa shape index (κ2) is 7.74. The minimum absolute atomic E-state index is 0.450. The number of unbranched alkanes of at least 4 members (excludes halogenated alkanes) is 2. The van der Waals surface area contributed by atoms with Gasteiger partial charge in [-0.3, -0.25) is 0 Å². The summed E-state index contributed by atoms with van der Waals surface area (Å²) in [5.74, 6) is 0. The van der Waals surface area contributed by atoms with Gasteiger partial charge in [-0.1, -0.05) is 24.7 Å². The van der Waals surface area contributed by atoms with Gasteiger partial charge in [0.25, 0.3) is 0 Å². The molecule has 0 aromatic heterocycles. The summed E-state index contributed by atoms with van der Waals surface area (Å²) in [6.07, 6.45) is 4.76. The van der Waals surface area contributed by atoms with Crippen molar-refractivity contribution < 1.29 is 0 Å². The van der Waals surface area contributed by atoms with Crippen LogP contribution in [0.2, 0.25) is 0 Å². The van der Waals surface area contributed by atoms with E-state index in [9.17, 15) is 0 Å². The molecule has 0 rings (SSSR count). The highest BCUT2D eigenvalue weighted by Crippen LogP contribution is 2.14. The maximum Gasteiger partial charge on any atom is 0.00446 e. The second-order valence-electron chi connectivity index (χ2n) is 1.80. The lowest BCUT2D eigenvalue weighted by molar-refractivity contribution is 0.777. The van der Waals surface area contributed by atoms with E-state index in [1.54, 1.807) is 0 Å². The highest BCUT2D eigenvalue weighted by molar-refractivity contribution is 7.36. The van der Waals surface area contributed by atoms with Crippen molar-refractivity contribution in [1.82, 2.24) is 0 Å². The first-order chi connectivity index (χ1) is 4.41. The van der Waals surface area contributed by atoms with Crippen molar-refractivity contribution in [2.24, 2.45) is 4.88 Å². The zero-order valence-electron chi connectivity index (χ0n) is 5.67. The van der Waals surface area contributed by atoms with Crippen LogP contribution in [0.3, 0.4) is 0 Å². The topological polar surface area (TPSA) is 48.8 Å². The molecule has 0 heterocycles. The summed E-state index contributed by atoms with van der Waals surface area (Å²) >= 11 is 0. The monoisotopic (exact) mass is 145 g/mol. The number of rotatable bonds is 5. The standard InChI is InChI=1S/C5H12N3P/c1-2-3-4-5-9-8-7-6/h9H,2-5H2,1H3. The largest absolute Gasteiger partial charge is 0.0759 e. The highest BCUT2D eigenvalue weighted by Gasteiger charge is 1.82. The van der Waals surface area contributed by atoms with Crippen molar-refractivity contribution in [2.75, 3.05) is 6.16 Å². The number of nitrogens with zero attached hydrogens (tertiary/aromatic N) is 3. The summed E-state index contributed by atoms with van der Waals surface area (Å²) in [6, 6.07) is 0. The Labute approximate surface area is 57.3 Å². The molecule has 0 aliphatic carbocycles. The van der Waals surface area contributed by atoms with Gasteiger partial charge in [-0.25, -0.2) is 0 Å². The Balaban J connectivity index is 2.82. The summed E-state index contributed by atoms with van der Waals surface area (Å²) in [6.45, 7) is 2.16. The smallest absolute Gasteiger partial charge is 0.00446 e. The third-order valence-electron chi connectivity index (χ3n) is 1.01. The lowest BCUT2D eigenvalue weighted by Gasteiger charge is -1.91. The molecule has 0 fully saturated rings. The highest BCUT2D eigenvalue weighted by atomic mass is 31.1. The maximum absolute atomic E-state index is 7.89. The van der Waals surface area contributed by atoms with Gasteiger partial charge < -0.3 is 0 Å². The molecule has 0 saturated carbocycles. The second-order valence-corrected chi connectivity index (χ2v) is 2.82. The Morgan fingerprint density at radius 2 is 2.33 bits per heavy atom. The Hall–Kier alpha value is -0.260. The third kappa shape index (κ3) is 7.74. The van der Waals surface area contributed by atoms with E-state index in [4.69, 9.17) is 5.53 Å². The Kier molecular flexibility index (Phi) is 7.52. The number of azide groups is 1. The molecule has 0 amide bonds. The van der Waals surface area contributed by atoms with Crippen LogP contribution >= 0.6 is 8.73 Å². The molecule has 0 radical (unpaired) electrons. The Bertz CT molecular complexity index is 98.4. The molecule has 4 heteroatoms. The van der Waals surface area contributed by atoms with Crippen molar-refractivity contribution in [3.8, 4) is 0 Å². The van der Waals surface area contributed by atoms with Crippen molar-refractivity contribution in [2.45, 2.75) is 26.2 Å². The molecule has 0 aromatic rings. The van der Waals surface area contributed by atoms with E-state index in [2.05, 4.69) is 16.7 Å². The third-order valence-corrected chi connectivity index (χ3v) is 1.82. The van der Waals surface area contributed by atoms with Crippen LogP contribution in [0.4, 0.5) is 0 Å². The zero-order chi connectivity index (χ0) is 6.95. The molecule has 0 spiro atoms. The molecule has 0 bridgehead atoms. The quantitative estimate of drug-likeness (QED) is 0.188. The van der Waals surface area contributed by atoms with Gasteiger partial charge in [-0.15, -0.1) is 0 Å². The fourth-order valence-electron chi connectivity index (χ4n) is 0.536. The van der Waals surface area contributed by atoms with Crippen LogP contribution in [-0.2, 0) is 0 Å². The summed E-state index contributed by atoms with van der Waals surface area (Å²) in [5.41, 5.74) is 7.89. The SMILES string of the molecule is CCCCCPN=[N+]=[N-]. The van der Waals surface area contributed by atoms with Crippen molar-refractivity contribution in [3.63, 3.8) is 0 Å². The summed E-state index contributed by atoms with van der Waals surface area (Å²) < 4.78 is 0. The van der Waals surface area contributed by atoms with E-state index in [1.807, 2.05) is 0 Å². The molecule has 0 aliphatic heterocycles. The van der Waals surface area contributed by atoms with Gasteiger partial charge in [-0.2, -0.15) is 0 Å². The first-order valence-corrected chi connectivity index (χ1v) is 4.34. The van der Waals surface area contributed by atoms with E-state index in [1.165, 1.54) is 19.3 Å². The Morgan fingerprint density at radius 1 is 1.56 bits per heavy atom. The van der Waals surface area contributed by atoms with Crippen LogP contribution in [0.15, 0.2) is 4.88 Å². The first kappa shape index (κ1) is 8.74. The van der Waals surface area contributed by atoms with E-state index in [0.717, 1.165) is 6.16 Å². The molecular formula is C5H12N3P. The molecule has 0 aliphatic rings. The molecule has 1 atom stereocenters. The first-order valence-electron chi connectivity index (χ1n) is 3.18. The van der Waals surface area contributed by atoms with Crippen molar-refractivity contribution in [3.05, 3.63) is 10.4 Å². The van der Waals surface area contributed by atoms with E-state index in [-0.39, 0.29) is 0 Å². The van der Waals surface area contributed by atoms with Crippen LogP contribution < -0.4 is 0 Å². The molecule has 52 valence electrons. The van der Waals surface area contributed by atoms with Gasteiger partial charge in [0.2, 0.25) is 0 Å². The van der Waals surface area contributed by atoms with Crippen molar-refractivity contribution >= 4 is 8.73 Å². The Morgan fingerprint density at radius 3 is 2.89 bits per heavy atom. The van der Waals surface area contributed by atoms with Crippen molar-refractivity contribution in [1.29, 1.82) is 0 Å². The van der Waals surface area contributed by atoms with Gasteiger partial charge in [0.1, 0.15) is 0 Å². The van der Waals surface area contributed by atoms with Crippen LogP contribution in [0.5, 0.6) is 0 Å². The summed E-state index contributed by atoms with van der Waals surface area (Å²) in [4.78, 5) is 6.12. The molecule has 1 unspecified atom stereocenters. The zero-order valence-corrected chi connectivity index (χ0v) is 6.67. The van der Waals surface area contributed by atoms with Gasteiger partial charge in [0, 0.05) is 4.91 Å². The summed E-state index contributed by atoms with van der Waals surface area (Å²) in [5, 5.41) is 0. The average molecular weight is 145 g/mol. The summed E-state index contributed by atoms with van der Waals surface area (Å²) in [7, 11) is 0.450. The van der Waals surface area contributed by atoms with E-state index in [0.29, 0.717) is 8.73 Å². The minimum Gasteiger partial charge on any atom is -0.0759 e. The van der Waals surface area contributed by atoms with Crippen LogP contribution in [-0.4, -0.2) is 6.16 Å². The molecular weight excluding hydrogens is 133 g/mol. The lowest BCUT2D eigenvalue weighted by atomic mass is 10.3. The van der Waals surface area contributed by atoms with Crippen LogP contribution in [0.1, 0.15) is 26.2 Å². The fourth-order valence-corrected chi connectivity index (χ4v) is 1.11. The van der Waals surface area contributed by atoms with E-state index >= 15 is 0 Å². The molecule has 0 N–H and O–H groups in total.